The number of nitriles is 1. The lowest BCUT2D eigenvalue weighted by molar-refractivity contribution is 0.102. The molecule has 0 radical (unpaired) electrons. The molecule has 1 amide bonds. The maximum absolute atomic E-state index is 12.4. The first-order valence-corrected chi connectivity index (χ1v) is 7.55. The number of aryl methyl sites for hydroxylation is 1. The average molecular weight is 298 g/mol. The van der Waals surface area contributed by atoms with Crippen molar-refractivity contribution in [2.24, 2.45) is 0 Å². The molecule has 0 fully saturated rings. The number of thiophene rings is 1. The van der Waals surface area contributed by atoms with Crippen LogP contribution in [0, 0.1) is 11.3 Å². The fourth-order valence-electron chi connectivity index (χ4n) is 2.61. The van der Waals surface area contributed by atoms with E-state index >= 15 is 0 Å². The summed E-state index contributed by atoms with van der Waals surface area (Å²) in [6, 6.07) is 9.28. The number of anilines is 1. The first-order chi connectivity index (χ1) is 10.2. The predicted molar refractivity (Wildman–Crippen MR) is 82.0 cm³/mol. The Morgan fingerprint density at radius 1 is 1.38 bits per heavy atom. The zero-order chi connectivity index (χ0) is 14.8. The minimum absolute atomic E-state index is 0.246. The van der Waals surface area contributed by atoms with E-state index in [4.69, 9.17) is 4.74 Å². The van der Waals surface area contributed by atoms with Gasteiger partial charge in [0.05, 0.1) is 18.2 Å². The van der Waals surface area contributed by atoms with Crippen molar-refractivity contribution in [1.29, 1.82) is 5.26 Å². The standard InChI is InChI=1S/C16H14N2O2S/c1-20-13-7-3-2-5-11(13)15(19)18-16-12(9-17)10-6-4-8-14(10)21-16/h2-3,5,7H,4,6,8H2,1H3,(H,18,19). The molecule has 1 aromatic carbocycles. The van der Waals surface area contributed by atoms with Crippen LogP contribution in [0.1, 0.15) is 32.8 Å². The minimum Gasteiger partial charge on any atom is -0.496 e. The molecule has 4 nitrogen and oxygen atoms in total. The van der Waals surface area contributed by atoms with E-state index in [1.165, 1.54) is 23.3 Å². The smallest absolute Gasteiger partial charge is 0.260 e. The molecule has 1 aromatic heterocycles. The van der Waals surface area contributed by atoms with Gasteiger partial charge in [-0.1, -0.05) is 12.1 Å². The second-order valence-electron chi connectivity index (χ2n) is 4.83. The SMILES string of the molecule is COc1ccccc1C(=O)Nc1sc2c(c1C#N)CCC2. The number of nitrogens with zero attached hydrogens (tertiary/aromatic N) is 1. The summed E-state index contributed by atoms with van der Waals surface area (Å²) in [4.78, 5) is 13.6. The summed E-state index contributed by atoms with van der Waals surface area (Å²) in [5, 5.41) is 12.8. The molecule has 106 valence electrons. The molecule has 21 heavy (non-hydrogen) atoms. The molecular formula is C16H14N2O2S. The van der Waals surface area contributed by atoms with Crippen LogP contribution in [0.3, 0.4) is 0 Å². The Kier molecular flexibility index (Phi) is 3.63. The van der Waals surface area contributed by atoms with Crippen LogP contribution in [-0.2, 0) is 12.8 Å². The maximum atomic E-state index is 12.4. The number of hydrogen-bond acceptors (Lipinski definition) is 4. The van der Waals surface area contributed by atoms with Crippen LogP contribution < -0.4 is 10.1 Å². The van der Waals surface area contributed by atoms with Gasteiger partial charge < -0.3 is 10.1 Å². The summed E-state index contributed by atoms with van der Waals surface area (Å²) < 4.78 is 5.20. The molecule has 0 atom stereocenters. The van der Waals surface area contributed by atoms with Crippen LogP contribution in [0.25, 0.3) is 0 Å². The molecule has 1 aliphatic carbocycles. The number of nitrogens with one attached hydrogen (secondary N) is 1. The van der Waals surface area contributed by atoms with Crippen molar-refractivity contribution in [2.45, 2.75) is 19.3 Å². The van der Waals surface area contributed by atoms with Gasteiger partial charge in [-0.15, -0.1) is 11.3 Å². The molecular weight excluding hydrogens is 284 g/mol. The molecule has 0 unspecified atom stereocenters. The van der Waals surface area contributed by atoms with Crippen molar-refractivity contribution in [1.82, 2.24) is 0 Å². The molecule has 1 heterocycles. The summed E-state index contributed by atoms with van der Waals surface area (Å²) in [5.74, 6) is 0.279. The first-order valence-electron chi connectivity index (χ1n) is 6.73. The molecule has 3 rings (SSSR count). The van der Waals surface area contributed by atoms with Crippen LogP contribution in [0.2, 0.25) is 0 Å². The Morgan fingerprint density at radius 2 is 2.19 bits per heavy atom. The average Bonchev–Trinajstić information content (AvgIpc) is 3.07. The maximum Gasteiger partial charge on any atom is 0.260 e. The second-order valence-corrected chi connectivity index (χ2v) is 5.93. The Balaban J connectivity index is 1.91. The number of fused-ring (bicyclic) bond motifs is 1. The number of rotatable bonds is 3. The lowest BCUT2D eigenvalue weighted by Gasteiger charge is -2.08. The highest BCUT2D eigenvalue weighted by Crippen LogP contribution is 2.38. The van der Waals surface area contributed by atoms with Gasteiger partial charge in [0, 0.05) is 4.88 Å². The Morgan fingerprint density at radius 3 is 2.95 bits per heavy atom. The van der Waals surface area contributed by atoms with Gasteiger partial charge in [0.15, 0.2) is 0 Å². The molecule has 0 saturated carbocycles. The van der Waals surface area contributed by atoms with Gasteiger partial charge in [0.25, 0.3) is 5.91 Å². The second kappa shape index (κ2) is 5.58. The first kappa shape index (κ1) is 13.7. The van der Waals surface area contributed by atoms with E-state index in [0.717, 1.165) is 24.8 Å². The Labute approximate surface area is 127 Å². The van der Waals surface area contributed by atoms with Crippen molar-refractivity contribution in [2.75, 3.05) is 12.4 Å². The number of para-hydroxylation sites is 1. The van der Waals surface area contributed by atoms with Gasteiger partial charge in [0.1, 0.15) is 16.8 Å². The molecule has 0 bridgehead atoms. The zero-order valence-corrected chi connectivity index (χ0v) is 12.4. The van der Waals surface area contributed by atoms with Gasteiger partial charge in [-0.2, -0.15) is 5.26 Å². The third-order valence-electron chi connectivity index (χ3n) is 3.61. The Hall–Kier alpha value is -2.32. The van der Waals surface area contributed by atoms with Gasteiger partial charge in [0.2, 0.25) is 0 Å². The summed E-state index contributed by atoms with van der Waals surface area (Å²) >= 11 is 1.51. The fourth-order valence-corrected chi connectivity index (χ4v) is 3.85. The van der Waals surface area contributed by atoms with Gasteiger partial charge in [-0.05, 0) is 37.0 Å². The van der Waals surface area contributed by atoms with Gasteiger partial charge >= 0.3 is 0 Å². The molecule has 0 spiro atoms. The predicted octanol–water partition coefficient (Wildman–Crippen LogP) is 3.37. The lowest BCUT2D eigenvalue weighted by Crippen LogP contribution is -2.13. The lowest BCUT2D eigenvalue weighted by atomic mass is 10.1. The highest BCUT2D eigenvalue weighted by atomic mass is 32.1. The van der Waals surface area contributed by atoms with E-state index in [9.17, 15) is 10.1 Å². The molecule has 2 aromatic rings. The monoisotopic (exact) mass is 298 g/mol. The third-order valence-corrected chi connectivity index (χ3v) is 4.82. The summed E-state index contributed by atoms with van der Waals surface area (Å²) in [6.45, 7) is 0. The van der Waals surface area contributed by atoms with Crippen LogP contribution in [-0.4, -0.2) is 13.0 Å². The quantitative estimate of drug-likeness (QED) is 0.945. The fraction of sp³-hybridized carbons (Fsp3) is 0.250. The number of amides is 1. The molecule has 5 heteroatoms. The van der Waals surface area contributed by atoms with E-state index in [1.807, 2.05) is 6.07 Å². The van der Waals surface area contributed by atoms with Crippen molar-refractivity contribution < 1.29 is 9.53 Å². The van der Waals surface area contributed by atoms with Crippen LogP contribution in [0.5, 0.6) is 5.75 Å². The van der Waals surface area contributed by atoms with Crippen molar-refractivity contribution in [3.8, 4) is 11.8 Å². The van der Waals surface area contributed by atoms with Crippen molar-refractivity contribution in [3.05, 3.63) is 45.8 Å². The topological polar surface area (TPSA) is 62.1 Å². The van der Waals surface area contributed by atoms with E-state index < -0.39 is 0 Å². The Bertz CT molecular complexity index is 743. The summed E-state index contributed by atoms with van der Waals surface area (Å²) in [5.41, 5.74) is 2.20. The number of methoxy groups -OCH3 is 1. The normalized spacial score (nSPS) is 12.6. The number of benzene rings is 1. The van der Waals surface area contributed by atoms with Crippen LogP contribution in [0.15, 0.2) is 24.3 Å². The van der Waals surface area contributed by atoms with Gasteiger partial charge in [-0.3, -0.25) is 4.79 Å². The highest BCUT2D eigenvalue weighted by molar-refractivity contribution is 7.16. The summed E-state index contributed by atoms with van der Waals surface area (Å²) in [6.07, 6.45) is 3.02. The third kappa shape index (κ3) is 2.39. The molecule has 1 aliphatic rings. The number of ether oxygens (including phenoxy) is 1. The van der Waals surface area contributed by atoms with Gasteiger partial charge in [-0.25, -0.2) is 0 Å². The summed E-state index contributed by atoms with van der Waals surface area (Å²) in [7, 11) is 1.53. The number of carbonyl (C=O) groups excluding carboxylic acids is 1. The minimum atomic E-state index is -0.246. The van der Waals surface area contributed by atoms with Crippen molar-refractivity contribution in [3.63, 3.8) is 0 Å². The van der Waals surface area contributed by atoms with E-state index in [2.05, 4.69) is 11.4 Å². The zero-order valence-electron chi connectivity index (χ0n) is 11.6. The molecule has 0 aliphatic heterocycles. The highest BCUT2D eigenvalue weighted by Gasteiger charge is 2.23. The van der Waals surface area contributed by atoms with Crippen molar-refractivity contribution >= 4 is 22.2 Å². The molecule has 0 saturated heterocycles. The van der Waals surface area contributed by atoms with Crippen LogP contribution >= 0.6 is 11.3 Å². The molecule has 1 N–H and O–H groups in total. The van der Waals surface area contributed by atoms with E-state index in [1.54, 1.807) is 18.2 Å². The van der Waals surface area contributed by atoms with Crippen LogP contribution in [0.4, 0.5) is 5.00 Å². The number of hydrogen-bond donors (Lipinski definition) is 1. The van der Waals surface area contributed by atoms with E-state index in [0.29, 0.717) is 21.9 Å². The van der Waals surface area contributed by atoms with E-state index in [-0.39, 0.29) is 5.91 Å². The largest absolute Gasteiger partial charge is 0.496 e. The number of carbonyl (C=O) groups is 1.